The minimum atomic E-state index is 0.700. The van der Waals surface area contributed by atoms with Gasteiger partial charge in [0.2, 0.25) is 5.89 Å². The number of hydrogen-bond donors (Lipinski definition) is 0. The molecule has 1 unspecified atom stereocenters. The molecule has 2 aliphatic heterocycles. The van der Waals surface area contributed by atoms with Crippen LogP contribution in [0.4, 0.5) is 0 Å². The van der Waals surface area contributed by atoms with Crippen LogP contribution in [0.15, 0.2) is 33.3 Å². The first-order valence-corrected chi connectivity index (χ1v) is 10.7. The SMILES string of the molecule is CN1CCCC(N2CCN(Cc3nc(Cc4cccc(Br)c4)no3)CC2)C1. The third-order valence-electron chi connectivity index (χ3n) is 5.64. The molecule has 4 rings (SSSR count). The van der Waals surface area contributed by atoms with Crippen molar-refractivity contribution in [3.8, 4) is 0 Å². The van der Waals surface area contributed by atoms with Crippen molar-refractivity contribution in [3.63, 3.8) is 0 Å². The van der Waals surface area contributed by atoms with E-state index in [9.17, 15) is 0 Å². The molecule has 2 aliphatic rings. The average molecular weight is 434 g/mol. The van der Waals surface area contributed by atoms with E-state index in [4.69, 9.17) is 4.52 Å². The summed E-state index contributed by atoms with van der Waals surface area (Å²) in [5.41, 5.74) is 1.18. The summed E-state index contributed by atoms with van der Waals surface area (Å²) in [6.07, 6.45) is 3.36. The lowest BCUT2D eigenvalue weighted by Crippen LogP contribution is -2.54. The zero-order valence-corrected chi connectivity index (χ0v) is 17.6. The smallest absolute Gasteiger partial charge is 0.240 e. The predicted molar refractivity (Wildman–Crippen MR) is 109 cm³/mol. The van der Waals surface area contributed by atoms with Gasteiger partial charge in [-0.1, -0.05) is 33.2 Å². The summed E-state index contributed by atoms with van der Waals surface area (Å²) in [6, 6.07) is 8.96. The summed E-state index contributed by atoms with van der Waals surface area (Å²) in [7, 11) is 2.24. The van der Waals surface area contributed by atoms with Gasteiger partial charge < -0.3 is 9.42 Å². The fourth-order valence-corrected chi connectivity index (χ4v) is 4.62. The minimum Gasteiger partial charge on any atom is -0.338 e. The van der Waals surface area contributed by atoms with Gasteiger partial charge in [0, 0.05) is 49.7 Å². The van der Waals surface area contributed by atoms with Crippen molar-refractivity contribution in [3.05, 3.63) is 46.0 Å². The molecule has 6 nitrogen and oxygen atoms in total. The summed E-state index contributed by atoms with van der Waals surface area (Å²) in [5, 5.41) is 4.16. The normalized spacial score (nSPS) is 23.0. The highest BCUT2D eigenvalue weighted by Gasteiger charge is 2.27. The van der Waals surface area contributed by atoms with Gasteiger partial charge in [-0.05, 0) is 44.1 Å². The van der Waals surface area contributed by atoms with Crippen molar-refractivity contribution >= 4 is 15.9 Å². The molecule has 7 heteroatoms. The Balaban J connectivity index is 1.26. The van der Waals surface area contributed by atoms with E-state index in [-0.39, 0.29) is 0 Å². The van der Waals surface area contributed by atoms with Crippen LogP contribution in [0.3, 0.4) is 0 Å². The van der Waals surface area contributed by atoms with E-state index in [0.717, 1.165) is 55.0 Å². The monoisotopic (exact) mass is 433 g/mol. The summed E-state index contributed by atoms with van der Waals surface area (Å²) >= 11 is 3.51. The second-order valence-electron chi connectivity index (χ2n) is 7.78. The molecule has 1 aromatic carbocycles. The lowest BCUT2D eigenvalue weighted by Gasteiger charge is -2.42. The van der Waals surface area contributed by atoms with Crippen LogP contribution in [0.2, 0.25) is 0 Å². The molecular formula is C20H28BrN5O. The van der Waals surface area contributed by atoms with Gasteiger partial charge in [0.25, 0.3) is 0 Å². The van der Waals surface area contributed by atoms with E-state index in [1.807, 2.05) is 12.1 Å². The highest BCUT2D eigenvalue weighted by molar-refractivity contribution is 9.10. The Morgan fingerprint density at radius 3 is 2.81 bits per heavy atom. The Bertz CT molecular complexity index is 743. The fourth-order valence-electron chi connectivity index (χ4n) is 4.17. The van der Waals surface area contributed by atoms with Crippen LogP contribution in [0.1, 0.15) is 30.1 Å². The number of benzene rings is 1. The lowest BCUT2D eigenvalue weighted by atomic mass is 10.0. The fraction of sp³-hybridized carbons (Fsp3) is 0.600. The first kappa shape index (κ1) is 19.1. The maximum absolute atomic E-state index is 5.49. The van der Waals surface area contributed by atoms with Crippen LogP contribution in [0, 0.1) is 0 Å². The summed E-state index contributed by atoms with van der Waals surface area (Å²) in [4.78, 5) is 12.2. The van der Waals surface area contributed by atoms with Crippen molar-refractivity contribution in [2.24, 2.45) is 0 Å². The van der Waals surface area contributed by atoms with Crippen molar-refractivity contribution < 1.29 is 4.52 Å². The maximum atomic E-state index is 5.49. The lowest BCUT2D eigenvalue weighted by molar-refractivity contribution is 0.0531. The van der Waals surface area contributed by atoms with Crippen LogP contribution in [-0.4, -0.2) is 77.2 Å². The Labute approximate surface area is 169 Å². The maximum Gasteiger partial charge on any atom is 0.240 e. The summed E-state index contributed by atoms with van der Waals surface area (Å²) in [5.74, 6) is 1.48. The van der Waals surface area contributed by atoms with Crippen LogP contribution in [-0.2, 0) is 13.0 Å². The molecule has 27 heavy (non-hydrogen) atoms. The third-order valence-corrected chi connectivity index (χ3v) is 6.14. The molecule has 0 aliphatic carbocycles. The van der Waals surface area contributed by atoms with Crippen molar-refractivity contribution in [2.75, 3.05) is 46.3 Å². The van der Waals surface area contributed by atoms with E-state index >= 15 is 0 Å². The highest BCUT2D eigenvalue weighted by Crippen LogP contribution is 2.18. The molecule has 0 amide bonds. The van der Waals surface area contributed by atoms with E-state index in [1.54, 1.807) is 0 Å². The second kappa shape index (κ2) is 8.82. The molecule has 3 heterocycles. The van der Waals surface area contributed by atoms with Gasteiger partial charge in [-0.25, -0.2) is 0 Å². The van der Waals surface area contributed by atoms with Crippen molar-refractivity contribution in [2.45, 2.75) is 31.8 Å². The van der Waals surface area contributed by atoms with Crippen LogP contribution in [0.25, 0.3) is 0 Å². The predicted octanol–water partition coefficient (Wildman–Crippen LogP) is 2.63. The Morgan fingerprint density at radius 1 is 1.19 bits per heavy atom. The second-order valence-corrected chi connectivity index (χ2v) is 8.70. The first-order valence-electron chi connectivity index (χ1n) is 9.86. The third kappa shape index (κ3) is 5.16. The Hall–Kier alpha value is -1.28. The zero-order chi connectivity index (χ0) is 18.6. The van der Waals surface area contributed by atoms with Gasteiger partial charge in [-0.3, -0.25) is 9.80 Å². The number of likely N-dealkylation sites (N-methyl/N-ethyl adjacent to an activating group) is 1. The molecule has 2 aromatic rings. The molecule has 0 saturated carbocycles. The minimum absolute atomic E-state index is 0.700. The van der Waals surface area contributed by atoms with Crippen molar-refractivity contribution in [1.29, 1.82) is 0 Å². The zero-order valence-electron chi connectivity index (χ0n) is 16.0. The topological polar surface area (TPSA) is 48.6 Å². The van der Waals surface area contributed by atoms with E-state index in [1.165, 1.54) is 31.5 Å². The molecule has 0 N–H and O–H groups in total. The largest absolute Gasteiger partial charge is 0.338 e. The molecule has 146 valence electrons. The van der Waals surface area contributed by atoms with E-state index < -0.39 is 0 Å². The molecular weight excluding hydrogens is 406 g/mol. The van der Waals surface area contributed by atoms with Crippen LogP contribution >= 0.6 is 15.9 Å². The molecule has 0 bridgehead atoms. The molecule has 2 saturated heterocycles. The number of halogens is 1. The highest BCUT2D eigenvalue weighted by atomic mass is 79.9. The van der Waals surface area contributed by atoms with Gasteiger partial charge in [0.05, 0.1) is 6.54 Å². The number of hydrogen-bond acceptors (Lipinski definition) is 6. The number of rotatable bonds is 5. The van der Waals surface area contributed by atoms with Crippen LogP contribution < -0.4 is 0 Å². The van der Waals surface area contributed by atoms with Gasteiger partial charge in [-0.15, -0.1) is 0 Å². The number of piperidine rings is 1. The molecule has 0 spiro atoms. The molecule has 2 fully saturated rings. The van der Waals surface area contributed by atoms with Gasteiger partial charge in [0.1, 0.15) is 0 Å². The van der Waals surface area contributed by atoms with Gasteiger partial charge >= 0.3 is 0 Å². The summed E-state index contributed by atoms with van der Waals surface area (Å²) in [6.45, 7) is 7.63. The van der Waals surface area contributed by atoms with E-state index in [2.05, 4.69) is 60.0 Å². The van der Waals surface area contributed by atoms with Crippen molar-refractivity contribution in [1.82, 2.24) is 24.8 Å². The number of likely N-dealkylation sites (tertiary alicyclic amines) is 1. The van der Waals surface area contributed by atoms with Crippen LogP contribution in [0.5, 0.6) is 0 Å². The quantitative estimate of drug-likeness (QED) is 0.721. The Kier molecular flexibility index (Phi) is 6.22. The Morgan fingerprint density at radius 2 is 2.04 bits per heavy atom. The molecule has 1 atom stereocenters. The number of piperazine rings is 1. The first-order chi connectivity index (χ1) is 13.2. The average Bonchev–Trinajstić information content (AvgIpc) is 3.09. The number of nitrogens with zero attached hydrogens (tertiary/aromatic N) is 5. The van der Waals surface area contributed by atoms with E-state index in [0.29, 0.717) is 6.42 Å². The van der Waals surface area contributed by atoms with Gasteiger partial charge in [0.15, 0.2) is 5.82 Å². The summed E-state index contributed by atoms with van der Waals surface area (Å²) < 4.78 is 6.57. The molecule has 0 radical (unpaired) electrons. The molecule has 1 aromatic heterocycles. The van der Waals surface area contributed by atoms with Gasteiger partial charge in [-0.2, -0.15) is 4.98 Å². The number of aromatic nitrogens is 2. The standard InChI is InChI=1S/C20H28BrN5O/c1-24-7-3-6-18(14-24)26-10-8-25(9-11-26)15-20-22-19(23-27-20)13-16-4-2-5-17(21)12-16/h2,4-5,12,18H,3,6-11,13-15H2,1H3.